The number of rotatable bonds is 66. The van der Waals surface area contributed by atoms with E-state index in [9.17, 15) is 43.2 Å². The van der Waals surface area contributed by atoms with E-state index >= 15 is 0 Å². The maximum atomic E-state index is 13.0. The zero-order valence-corrected chi connectivity index (χ0v) is 59.1. The van der Waals surface area contributed by atoms with Crippen LogP contribution in [0.2, 0.25) is 0 Å². The third-order valence-electron chi connectivity index (χ3n) is 16.2. The maximum absolute atomic E-state index is 13.0. The van der Waals surface area contributed by atoms with Gasteiger partial charge in [0.05, 0.1) is 26.4 Å². The molecule has 3 N–H and O–H groups in total. The molecule has 0 spiro atoms. The molecule has 0 aliphatic rings. The Morgan fingerprint density at radius 1 is 0.318 bits per heavy atom. The van der Waals surface area contributed by atoms with Crippen LogP contribution in [-0.4, -0.2) is 96.7 Å². The summed E-state index contributed by atoms with van der Waals surface area (Å²) < 4.78 is 68.2. The number of phosphoric acid groups is 2. The second kappa shape index (κ2) is 58.8. The second-order valence-corrected chi connectivity index (χ2v) is 29.5. The predicted molar refractivity (Wildman–Crippen MR) is 354 cm³/mol. The molecular formula is C69H134O17P2. The third kappa shape index (κ3) is 61.6. The first-order chi connectivity index (χ1) is 42.1. The lowest BCUT2D eigenvalue weighted by molar-refractivity contribution is -0.161. The molecule has 0 radical (unpaired) electrons. The fraction of sp³-hybridized carbons (Fsp3) is 0.942. The summed E-state index contributed by atoms with van der Waals surface area (Å²) in [6.07, 6.45) is 40.3. The van der Waals surface area contributed by atoms with E-state index in [4.69, 9.17) is 37.0 Å². The number of carbonyl (C=O) groups excluding carboxylic acids is 4. The Morgan fingerprint density at radius 3 is 0.807 bits per heavy atom. The summed E-state index contributed by atoms with van der Waals surface area (Å²) in [6, 6.07) is 0. The van der Waals surface area contributed by atoms with Crippen molar-refractivity contribution in [3.8, 4) is 0 Å². The number of ether oxygens (including phenoxy) is 4. The first kappa shape index (κ1) is 86.1. The van der Waals surface area contributed by atoms with E-state index in [-0.39, 0.29) is 25.7 Å². The first-order valence-corrected chi connectivity index (χ1v) is 38.7. The Kier molecular flexibility index (Phi) is 57.6. The molecule has 88 heavy (non-hydrogen) atoms. The Bertz CT molecular complexity index is 1750. The van der Waals surface area contributed by atoms with E-state index in [1.165, 1.54) is 141 Å². The van der Waals surface area contributed by atoms with Crippen molar-refractivity contribution in [2.75, 3.05) is 39.6 Å². The minimum atomic E-state index is -4.95. The molecule has 0 aliphatic heterocycles. The zero-order valence-electron chi connectivity index (χ0n) is 57.3. The van der Waals surface area contributed by atoms with Gasteiger partial charge in [-0.05, 0) is 49.4 Å². The molecule has 4 unspecified atom stereocenters. The van der Waals surface area contributed by atoms with E-state index in [2.05, 4.69) is 55.4 Å². The van der Waals surface area contributed by atoms with Crippen molar-refractivity contribution in [1.82, 2.24) is 0 Å². The van der Waals surface area contributed by atoms with Crippen LogP contribution in [0.15, 0.2) is 0 Å². The summed E-state index contributed by atoms with van der Waals surface area (Å²) >= 11 is 0. The standard InChI is InChI=1S/C69H134O17P2/c1-9-62(8)48-40-32-24-14-10-11-15-27-35-43-51-68(73)85-64(55-79-66(71)49-41-33-25-16-12-13-21-29-37-45-59(2)3)57-83-87(75,76)81-53-63(70)54-82-88(77,78)84-58-65(86-69(74)52-44-36-28-20-18-23-31-39-47-61(6)7)56-80-67(72)50-42-34-26-19-17-22-30-38-46-60(4)5/h59-65,70H,9-58H2,1-8H3,(H,75,76)(H,77,78)/t62?,63?,64-,65-/m1/s1. The van der Waals surface area contributed by atoms with Crippen molar-refractivity contribution in [1.29, 1.82) is 0 Å². The van der Waals surface area contributed by atoms with Gasteiger partial charge in [0, 0.05) is 25.7 Å². The number of unbranched alkanes of at least 4 members (excludes halogenated alkanes) is 31. The van der Waals surface area contributed by atoms with Gasteiger partial charge in [0.2, 0.25) is 0 Å². The molecule has 0 fully saturated rings. The van der Waals surface area contributed by atoms with Gasteiger partial charge in [-0.25, -0.2) is 9.13 Å². The molecule has 0 amide bonds. The molecule has 0 rings (SSSR count). The summed E-state index contributed by atoms with van der Waals surface area (Å²) in [5, 5.41) is 10.6. The summed E-state index contributed by atoms with van der Waals surface area (Å²) in [4.78, 5) is 72.5. The normalized spacial score (nSPS) is 14.6. The lowest BCUT2D eigenvalue weighted by Crippen LogP contribution is -2.30. The topological polar surface area (TPSA) is 237 Å². The van der Waals surface area contributed by atoms with Crippen molar-refractivity contribution in [3.05, 3.63) is 0 Å². The highest BCUT2D eigenvalue weighted by Gasteiger charge is 2.30. The highest BCUT2D eigenvalue weighted by atomic mass is 31.2. The highest BCUT2D eigenvalue weighted by Crippen LogP contribution is 2.45. The number of esters is 4. The Labute approximate surface area is 537 Å². The number of carbonyl (C=O) groups is 4. The van der Waals surface area contributed by atoms with Crippen molar-refractivity contribution in [2.24, 2.45) is 23.7 Å². The minimum Gasteiger partial charge on any atom is -0.462 e. The minimum absolute atomic E-state index is 0.103. The summed E-state index contributed by atoms with van der Waals surface area (Å²) in [7, 11) is -9.90. The molecule has 0 bridgehead atoms. The van der Waals surface area contributed by atoms with Gasteiger partial charge in [-0.15, -0.1) is 0 Å². The van der Waals surface area contributed by atoms with Gasteiger partial charge in [0.25, 0.3) is 0 Å². The highest BCUT2D eigenvalue weighted by molar-refractivity contribution is 7.47. The van der Waals surface area contributed by atoms with Crippen molar-refractivity contribution in [2.45, 2.75) is 356 Å². The average Bonchev–Trinajstić information content (AvgIpc) is 3.59. The molecular weight excluding hydrogens is 1160 g/mol. The molecule has 17 nitrogen and oxygen atoms in total. The largest absolute Gasteiger partial charge is 0.472 e. The van der Waals surface area contributed by atoms with Crippen LogP contribution >= 0.6 is 15.6 Å². The quantitative estimate of drug-likeness (QED) is 0.0222. The Morgan fingerprint density at radius 2 is 0.545 bits per heavy atom. The number of aliphatic hydroxyl groups excluding tert-OH is 1. The van der Waals surface area contributed by atoms with E-state index in [1.54, 1.807) is 0 Å². The van der Waals surface area contributed by atoms with Crippen LogP contribution in [0.5, 0.6) is 0 Å². The van der Waals surface area contributed by atoms with Gasteiger partial charge in [-0.2, -0.15) is 0 Å². The number of aliphatic hydroxyl groups is 1. The number of hydrogen-bond acceptors (Lipinski definition) is 15. The Balaban J connectivity index is 5.27. The van der Waals surface area contributed by atoms with Crippen molar-refractivity contribution < 1.29 is 80.2 Å². The Hall–Kier alpha value is -1.94. The molecule has 0 aromatic heterocycles. The van der Waals surface area contributed by atoms with Gasteiger partial charge >= 0.3 is 39.5 Å². The molecule has 0 aliphatic carbocycles. The van der Waals surface area contributed by atoms with Gasteiger partial charge in [-0.3, -0.25) is 37.3 Å². The van der Waals surface area contributed by atoms with Crippen LogP contribution in [0, 0.1) is 23.7 Å². The lowest BCUT2D eigenvalue weighted by atomic mass is 9.99. The van der Waals surface area contributed by atoms with Crippen LogP contribution in [0.4, 0.5) is 0 Å². The molecule has 0 aromatic rings. The van der Waals surface area contributed by atoms with Crippen molar-refractivity contribution in [3.63, 3.8) is 0 Å². The number of hydrogen-bond donors (Lipinski definition) is 3. The monoisotopic (exact) mass is 1300 g/mol. The summed E-state index contributed by atoms with van der Waals surface area (Å²) in [5.41, 5.74) is 0. The van der Waals surface area contributed by atoms with E-state index in [0.717, 1.165) is 114 Å². The zero-order chi connectivity index (χ0) is 65.4. The second-order valence-electron chi connectivity index (χ2n) is 26.6. The van der Waals surface area contributed by atoms with Gasteiger partial charge in [0.1, 0.15) is 19.3 Å². The van der Waals surface area contributed by atoms with Gasteiger partial charge in [-0.1, -0.05) is 287 Å². The molecule has 522 valence electrons. The van der Waals surface area contributed by atoms with Crippen LogP contribution in [0.3, 0.4) is 0 Å². The van der Waals surface area contributed by atoms with Gasteiger partial charge in [0.15, 0.2) is 12.2 Å². The van der Waals surface area contributed by atoms with E-state index < -0.39 is 97.5 Å². The fourth-order valence-corrected chi connectivity index (χ4v) is 11.9. The van der Waals surface area contributed by atoms with Crippen LogP contribution < -0.4 is 0 Å². The lowest BCUT2D eigenvalue weighted by Gasteiger charge is -2.21. The molecule has 19 heteroatoms. The maximum Gasteiger partial charge on any atom is 0.472 e. The van der Waals surface area contributed by atoms with Crippen molar-refractivity contribution >= 4 is 39.5 Å². The van der Waals surface area contributed by atoms with Crippen LogP contribution in [0.1, 0.15) is 338 Å². The third-order valence-corrected chi connectivity index (χ3v) is 18.1. The molecule has 0 aromatic carbocycles. The van der Waals surface area contributed by atoms with Crippen LogP contribution in [-0.2, 0) is 65.4 Å². The molecule has 0 heterocycles. The summed E-state index contributed by atoms with van der Waals surface area (Å²) in [6.45, 7) is 14.1. The van der Waals surface area contributed by atoms with E-state index in [0.29, 0.717) is 25.7 Å². The van der Waals surface area contributed by atoms with E-state index in [1.807, 2.05) is 0 Å². The summed E-state index contributed by atoms with van der Waals surface area (Å²) in [5.74, 6) is 0.859. The van der Waals surface area contributed by atoms with Gasteiger partial charge < -0.3 is 33.8 Å². The average molecular weight is 1300 g/mol. The first-order valence-electron chi connectivity index (χ1n) is 35.7. The SMILES string of the molecule is CCC(C)CCCCCCCCCCCCC(=O)O[C@H](COC(=O)CCCCCCCCCCCC(C)C)COP(=O)(O)OCC(O)COP(=O)(O)OC[C@@H](COC(=O)CCCCCCCCCCC(C)C)OC(=O)CCCCCCCCCCC(C)C. The molecule has 0 saturated carbocycles. The number of phosphoric ester groups is 2. The molecule has 0 saturated heterocycles. The predicted octanol–water partition coefficient (Wildman–Crippen LogP) is 19.3. The molecule has 6 atom stereocenters. The fourth-order valence-electron chi connectivity index (χ4n) is 10.3. The smallest absolute Gasteiger partial charge is 0.462 e. The van der Waals surface area contributed by atoms with Crippen LogP contribution in [0.25, 0.3) is 0 Å².